The van der Waals surface area contributed by atoms with Gasteiger partial charge in [-0.25, -0.2) is 5.43 Å². The molecule has 4 aromatic rings. The summed E-state index contributed by atoms with van der Waals surface area (Å²) in [7, 11) is 0. The van der Waals surface area contributed by atoms with Crippen molar-refractivity contribution in [3.8, 4) is 5.75 Å². The summed E-state index contributed by atoms with van der Waals surface area (Å²) in [5, 5.41) is 6.10. The summed E-state index contributed by atoms with van der Waals surface area (Å²) in [6.45, 7) is 2.59. The molecule has 0 aromatic heterocycles. The van der Waals surface area contributed by atoms with Gasteiger partial charge >= 0.3 is 0 Å². The number of fused-ring (bicyclic) bond motifs is 1. The zero-order chi connectivity index (χ0) is 22.5. The fraction of sp³-hybridized carbons (Fsp3) is 0.0769. The van der Waals surface area contributed by atoms with Crippen molar-refractivity contribution in [2.24, 2.45) is 5.10 Å². The van der Waals surface area contributed by atoms with Crippen molar-refractivity contribution in [1.82, 2.24) is 5.43 Å². The van der Waals surface area contributed by atoms with Gasteiger partial charge in [0.1, 0.15) is 12.4 Å². The first kappa shape index (κ1) is 22.7. The summed E-state index contributed by atoms with van der Waals surface area (Å²) in [4.78, 5) is 12.6. The second-order valence-electron chi connectivity index (χ2n) is 7.32. The number of ether oxygens (including phenoxy) is 1. The second-order valence-corrected chi connectivity index (χ2v) is 9.64. The predicted octanol–water partition coefficient (Wildman–Crippen LogP) is 6.70. The summed E-state index contributed by atoms with van der Waals surface area (Å²) >= 11 is 4.53. The highest BCUT2D eigenvalue weighted by molar-refractivity contribution is 14.1. The summed E-state index contributed by atoms with van der Waals surface area (Å²) in [5.74, 6) is 0.616. The Morgan fingerprint density at radius 1 is 0.969 bits per heavy atom. The molecule has 0 radical (unpaired) electrons. The van der Waals surface area contributed by atoms with Crippen LogP contribution in [-0.2, 0) is 6.61 Å². The average molecular weight is 646 g/mol. The Hall–Kier alpha value is -2.46. The largest absolute Gasteiger partial charge is 0.487 e. The molecule has 0 aliphatic heterocycles. The predicted molar refractivity (Wildman–Crippen MR) is 146 cm³/mol. The van der Waals surface area contributed by atoms with Crippen molar-refractivity contribution >= 4 is 68.1 Å². The van der Waals surface area contributed by atoms with E-state index in [4.69, 9.17) is 4.74 Å². The third-order valence-electron chi connectivity index (χ3n) is 4.90. The number of carbonyl (C=O) groups is 1. The molecule has 4 rings (SSSR count). The fourth-order valence-electron chi connectivity index (χ4n) is 3.40. The standard InChI is InChI=1S/C26H20I2N2O2/c1-17-6-4-7-18(12-17)16-32-25-23(27)13-19(14-24(25)28)15-29-30-26(31)22-11-5-9-20-8-2-3-10-21(20)22/h2-15H,16H2,1H3,(H,30,31)/b29-15-. The Labute approximate surface area is 214 Å². The molecule has 0 aliphatic rings. The van der Waals surface area contributed by atoms with Gasteiger partial charge in [0.05, 0.1) is 13.4 Å². The van der Waals surface area contributed by atoms with Gasteiger partial charge in [0.15, 0.2) is 0 Å². The van der Waals surface area contributed by atoms with E-state index in [0.717, 1.165) is 34.8 Å². The van der Waals surface area contributed by atoms with Gasteiger partial charge in [-0.3, -0.25) is 4.79 Å². The van der Waals surface area contributed by atoms with Crippen LogP contribution in [-0.4, -0.2) is 12.1 Å². The quantitative estimate of drug-likeness (QED) is 0.144. The zero-order valence-corrected chi connectivity index (χ0v) is 21.6. The highest BCUT2D eigenvalue weighted by atomic mass is 127. The molecule has 32 heavy (non-hydrogen) atoms. The number of nitrogens with one attached hydrogen (secondary N) is 1. The molecule has 4 aromatic carbocycles. The number of benzene rings is 4. The Morgan fingerprint density at radius 2 is 1.69 bits per heavy atom. The van der Waals surface area contributed by atoms with E-state index in [2.05, 4.69) is 80.8 Å². The van der Waals surface area contributed by atoms with E-state index in [-0.39, 0.29) is 5.91 Å². The Kier molecular flexibility index (Phi) is 7.41. The van der Waals surface area contributed by atoms with Crippen LogP contribution in [0.25, 0.3) is 10.8 Å². The summed E-state index contributed by atoms with van der Waals surface area (Å²) in [5.41, 5.74) is 6.48. The van der Waals surface area contributed by atoms with Crippen molar-refractivity contribution in [2.75, 3.05) is 0 Å². The molecular formula is C26H20I2N2O2. The van der Waals surface area contributed by atoms with E-state index in [1.165, 1.54) is 5.56 Å². The van der Waals surface area contributed by atoms with Crippen LogP contribution in [0, 0.1) is 14.1 Å². The van der Waals surface area contributed by atoms with Crippen LogP contribution in [0.4, 0.5) is 0 Å². The molecular weight excluding hydrogens is 626 g/mol. The van der Waals surface area contributed by atoms with Crippen LogP contribution in [0.2, 0.25) is 0 Å². The maximum atomic E-state index is 12.6. The lowest BCUT2D eigenvalue weighted by molar-refractivity contribution is 0.0957. The number of rotatable bonds is 6. The van der Waals surface area contributed by atoms with Crippen molar-refractivity contribution in [2.45, 2.75) is 13.5 Å². The van der Waals surface area contributed by atoms with Crippen LogP contribution in [0.3, 0.4) is 0 Å². The molecule has 0 heterocycles. The van der Waals surface area contributed by atoms with Gasteiger partial charge in [0.25, 0.3) is 5.91 Å². The van der Waals surface area contributed by atoms with Gasteiger partial charge in [-0.2, -0.15) is 5.10 Å². The minimum atomic E-state index is -0.236. The normalized spacial score (nSPS) is 11.1. The second kappa shape index (κ2) is 10.4. The first-order valence-corrected chi connectivity index (χ1v) is 12.2. The molecule has 1 N–H and O–H groups in total. The first-order chi connectivity index (χ1) is 15.5. The van der Waals surface area contributed by atoms with E-state index in [0.29, 0.717) is 12.2 Å². The fourth-order valence-corrected chi connectivity index (χ4v) is 5.53. The molecule has 4 nitrogen and oxygen atoms in total. The minimum Gasteiger partial charge on any atom is -0.487 e. The number of aryl methyl sites for hydroxylation is 1. The van der Waals surface area contributed by atoms with E-state index >= 15 is 0 Å². The van der Waals surface area contributed by atoms with Gasteiger partial charge in [-0.15, -0.1) is 0 Å². The number of halogens is 2. The van der Waals surface area contributed by atoms with E-state index in [1.54, 1.807) is 12.3 Å². The third-order valence-corrected chi connectivity index (χ3v) is 6.50. The van der Waals surface area contributed by atoms with Crippen molar-refractivity contribution in [1.29, 1.82) is 0 Å². The zero-order valence-electron chi connectivity index (χ0n) is 17.3. The lowest BCUT2D eigenvalue weighted by Gasteiger charge is -2.12. The molecule has 0 aliphatic carbocycles. The molecule has 0 fully saturated rings. The highest BCUT2D eigenvalue weighted by Crippen LogP contribution is 2.29. The van der Waals surface area contributed by atoms with E-state index in [9.17, 15) is 4.79 Å². The third kappa shape index (κ3) is 5.47. The van der Waals surface area contributed by atoms with Gasteiger partial charge in [-0.05, 0) is 92.2 Å². The van der Waals surface area contributed by atoms with Crippen LogP contribution in [0.5, 0.6) is 5.75 Å². The summed E-state index contributed by atoms with van der Waals surface area (Å²) in [6.07, 6.45) is 1.65. The Morgan fingerprint density at radius 3 is 2.47 bits per heavy atom. The summed E-state index contributed by atoms with van der Waals surface area (Å²) in [6, 6.07) is 25.8. The number of hydrazone groups is 1. The molecule has 0 saturated carbocycles. The summed E-state index contributed by atoms with van der Waals surface area (Å²) < 4.78 is 8.06. The number of carbonyl (C=O) groups excluding carboxylic acids is 1. The number of amides is 1. The lowest BCUT2D eigenvalue weighted by Crippen LogP contribution is -2.18. The van der Waals surface area contributed by atoms with E-state index < -0.39 is 0 Å². The van der Waals surface area contributed by atoms with Crippen molar-refractivity contribution < 1.29 is 9.53 Å². The maximum Gasteiger partial charge on any atom is 0.271 e. The molecule has 6 heteroatoms. The van der Waals surface area contributed by atoms with Gasteiger partial charge in [0.2, 0.25) is 0 Å². The highest BCUT2D eigenvalue weighted by Gasteiger charge is 2.10. The molecule has 1 amide bonds. The first-order valence-electron chi connectivity index (χ1n) is 10.00. The molecule has 0 bridgehead atoms. The molecule has 0 unspecified atom stereocenters. The Balaban J connectivity index is 1.44. The van der Waals surface area contributed by atoms with Crippen LogP contribution < -0.4 is 10.2 Å². The number of hydrogen-bond donors (Lipinski definition) is 1. The Bertz CT molecular complexity index is 1290. The molecule has 0 atom stereocenters. The monoisotopic (exact) mass is 646 g/mol. The molecule has 160 valence electrons. The number of hydrogen-bond acceptors (Lipinski definition) is 3. The molecule has 0 saturated heterocycles. The van der Waals surface area contributed by atoms with Gasteiger partial charge in [-0.1, -0.05) is 66.2 Å². The average Bonchev–Trinajstić information content (AvgIpc) is 2.78. The minimum absolute atomic E-state index is 0.236. The maximum absolute atomic E-state index is 12.6. The van der Waals surface area contributed by atoms with E-state index in [1.807, 2.05) is 54.6 Å². The lowest BCUT2D eigenvalue weighted by atomic mass is 10.0. The van der Waals surface area contributed by atoms with Crippen LogP contribution >= 0.6 is 45.2 Å². The SMILES string of the molecule is Cc1cccc(COc2c(I)cc(/C=N\NC(=O)c3cccc4ccccc34)cc2I)c1. The van der Waals surface area contributed by atoms with Crippen LogP contribution in [0.15, 0.2) is 84.0 Å². The van der Waals surface area contributed by atoms with Crippen LogP contribution in [0.1, 0.15) is 27.0 Å². The van der Waals surface area contributed by atoms with Crippen molar-refractivity contribution in [3.63, 3.8) is 0 Å². The van der Waals surface area contributed by atoms with Gasteiger partial charge < -0.3 is 4.74 Å². The topological polar surface area (TPSA) is 50.7 Å². The number of nitrogens with zero attached hydrogens (tertiary/aromatic N) is 1. The van der Waals surface area contributed by atoms with Crippen molar-refractivity contribution in [3.05, 3.63) is 108 Å². The smallest absolute Gasteiger partial charge is 0.271 e. The van der Waals surface area contributed by atoms with Gasteiger partial charge in [0, 0.05) is 5.56 Å². The molecule has 0 spiro atoms.